The van der Waals surface area contributed by atoms with Crippen molar-refractivity contribution >= 4 is 13.7 Å². The van der Waals surface area contributed by atoms with Crippen molar-refractivity contribution < 1.29 is 0 Å². The molecule has 2 nitrogen and oxygen atoms in total. The first-order valence-electron chi connectivity index (χ1n) is 5.30. The lowest BCUT2D eigenvalue weighted by Crippen LogP contribution is -2.24. The van der Waals surface area contributed by atoms with Crippen LogP contribution in [0, 0.1) is 0 Å². The molecule has 0 amide bonds. The fourth-order valence-electron chi connectivity index (χ4n) is 1.58. The standard InChI is InChI=1S/C13H13BN2/c14-11-16(13-8-4-5-9-15-13)10-12-6-2-1-3-7-12/h1-9H,10-11H2. The molecule has 0 atom stereocenters. The zero-order chi connectivity index (χ0) is 11.2. The molecular formula is C13H13BN2. The molecule has 78 valence electrons. The quantitative estimate of drug-likeness (QED) is 0.716. The summed E-state index contributed by atoms with van der Waals surface area (Å²) in [6, 6.07) is 16.1. The van der Waals surface area contributed by atoms with Gasteiger partial charge in [0.2, 0.25) is 0 Å². The Morgan fingerprint density at radius 3 is 2.38 bits per heavy atom. The SMILES string of the molecule is [B]CN(Cc1ccccc1)c1ccccn1. The zero-order valence-electron chi connectivity index (χ0n) is 9.08. The smallest absolute Gasteiger partial charge is 0.128 e. The summed E-state index contributed by atoms with van der Waals surface area (Å²) in [6.07, 6.45) is 2.24. The van der Waals surface area contributed by atoms with E-state index in [2.05, 4.69) is 17.1 Å². The van der Waals surface area contributed by atoms with E-state index < -0.39 is 0 Å². The lowest BCUT2D eigenvalue weighted by molar-refractivity contribution is 0.875. The van der Waals surface area contributed by atoms with Crippen molar-refractivity contribution in [3.8, 4) is 0 Å². The van der Waals surface area contributed by atoms with Crippen molar-refractivity contribution in [2.45, 2.75) is 6.54 Å². The molecule has 0 spiro atoms. The summed E-state index contributed by atoms with van der Waals surface area (Å²) in [5.74, 6) is 0.911. The van der Waals surface area contributed by atoms with Crippen molar-refractivity contribution in [3.05, 3.63) is 60.3 Å². The predicted octanol–water partition coefficient (Wildman–Crippen LogP) is 2.21. The molecule has 0 aliphatic carbocycles. The van der Waals surface area contributed by atoms with Gasteiger partial charge >= 0.3 is 0 Å². The van der Waals surface area contributed by atoms with Crippen LogP contribution >= 0.6 is 0 Å². The summed E-state index contributed by atoms with van der Waals surface area (Å²) in [7, 11) is 5.74. The summed E-state index contributed by atoms with van der Waals surface area (Å²) >= 11 is 0. The molecule has 0 unspecified atom stereocenters. The van der Waals surface area contributed by atoms with Gasteiger partial charge in [0.15, 0.2) is 0 Å². The minimum Gasteiger partial charge on any atom is -0.361 e. The maximum atomic E-state index is 5.74. The summed E-state index contributed by atoms with van der Waals surface area (Å²) < 4.78 is 0. The molecule has 16 heavy (non-hydrogen) atoms. The largest absolute Gasteiger partial charge is 0.361 e. The van der Waals surface area contributed by atoms with Crippen LogP contribution in [0.1, 0.15) is 5.56 Å². The Kier molecular flexibility index (Phi) is 3.60. The molecule has 0 aliphatic heterocycles. The molecule has 0 bridgehead atoms. The van der Waals surface area contributed by atoms with Crippen LogP contribution in [0.2, 0.25) is 0 Å². The van der Waals surface area contributed by atoms with Crippen LogP contribution in [0.15, 0.2) is 54.7 Å². The van der Waals surface area contributed by atoms with Gasteiger partial charge in [-0.2, -0.15) is 0 Å². The van der Waals surface area contributed by atoms with E-state index in [1.807, 2.05) is 41.3 Å². The Hall–Kier alpha value is -1.77. The number of pyridine rings is 1. The van der Waals surface area contributed by atoms with E-state index in [4.69, 9.17) is 7.85 Å². The number of hydrogen-bond donors (Lipinski definition) is 0. The Bertz CT molecular complexity index is 416. The molecule has 0 aliphatic rings. The van der Waals surface area contributed by atoms with Crippen molar-refractivity contribution in [2.75, 3.05) is 11.3 Å². The molecule has 1 aromatic heterocycles. The number of aromatic nitrogens is 1. The highest BCUT2D eigenvalue weighted by Gasteiger charge is 2.04. The Morgan fingerprint density at radius 2 is 1.75 bits per heavy atom. The summed E-state index contributed by atoms with van der Waals surface area (Å²) in [4.78, 5) is 6.33. The van der Waals surface area contributed by atoms with E-state index in [-0.39, 0.29) is 0 Å². The first-order valence-corrected chi connectivity index (χ1v) is 5.30. The highest BCUT2D eigenvalue weighted by Crippen LogP contribution is 2.12. The van der Waals surface area contributed by atoms with E-state index in [0.717, 1.165) is 12.4 Å². The van der Waals surface area contributed by atoms with Crippen LogP contribution in [0.5, 0.6) is 0 Å². The maximum absolute atomic E-state index is 5.74. The first kappa shape index (κ1) is 10.7. The fourth-order valence-corrected chi connectivity index (χ4v) is 1.58. The Labute approximate surface area is 97.3 Å². The minimum atomic E-state index is 0.464. The normalized spacial score (nSPS) is 10.0. The second-order valence-electron chi connectivity index (χ2n) is 3.55. The van der Waals surface area contributed by atoms with Gasteiger partial charge in [-0.1, -0.05) is 36.4 Å². The molecule has 1 aromatic carbocycles. The lowest BCUT2D eigenvalue weighted by atomic mass is 10.1. The third-order valence-electron chi connectivity index (χ3n) is 2.41. The van der Waals surface area contributed by atoms with E-state index in [1.165, 1.54) is 5.56 Å². The Balaban J connectivity index is 2.13. The number of nitrogens with zero attached hydrogens (tertiary/aromatic N) is 2. The third-order valence-corrected chi connectivity index (χ3v) is 2.41. The average molecular weight is 208 g/mol. The van der Waals surface area contributed by atoms with Gasteiger partial charge in [0.25, 0.3) is 0 Å². The molecule has 2 radical (unpaired) electrons. The topological polar surface area (TPSA) is 16.1 Å². The number of rotatable bonds is 4. The van der Waals surface area contributed by atoms with Gasteiger partial charge in [-0.05, 0) is 24.1 Å². The van der Waals surface area contributed by atoms with Crippen LogP contribution in [-0.2, 0) is 6.54 Å². The van der Waals surface area contributed by atoms with E-state index in [1.54, 1.807) is 6.20 Å². The highest BCUT2D eigenvalue weighted by molar-refractivity contribution is 6.10. The van der Waals surface area contributed by atoms with Crippen LogP contribution in [0.3, 0.4) is 0 Å². The van der Waals surface area contributed by atoms with Crippen LogP contribution in [0.4, 0.5) is 5.82 Å². The highest BCUT2D eigenvalue weighted by atomic mass is 15.2. The minimum absolute atomic E-state index is 0.464. The molecule has 0 fully saturated rings. The van der Waals surface area contributed by atoms with Gasteiger partial charge in [-0.15, -0.1) is 0 Å². The van der Waals surface area contributed by atoms with Gasteiger partial charge in [0.1, 0.15) is 5.82 Å². The van der Waals surface area contributed by atoms with Crippen molar-refractivity contribution in [2.24, 2.45) is 0 Å². The number of anilines is 1. The van der Waals surface area contributed by atoms with Crippen LogP contribution in [0.25, 0.3) is 0 Å². The molecular weight excluding hydrogens is 195 g/mol. The van der Waals surface area contributed by atoms with Gasteiger partial charge in [0.05, 0.1) is 7.85 Å². The molecule has 0 N–H and O–H groups in total. The second-order valence-corrected chi connectivity index (χ2v) is 3.55. The van der Waals surface area contributed by atoms with Crippen molar-refractivity contribution in [3.63, 3.8) is 0 Å². The molecule has 3 heteroatoms. The molecule has 2 aromatic rings. The Morgan fingerprint density at radius 1 is 1.00 bits per heavy atom. The van der Waals surface area contributed by atoms with Gasteiger partial charge < -0.3 is 4.90 Å². The third kappa shape index (κ3) is 2.63. The molecule has 0 saturated heterocycles. The van der Waals surface area contributed by atoms with E-state index >= 15 is 0 Å². The lowest BCUT2D eigenvalue weighted by Gasteiger charge is -2.22. The van der Waals surface area contributed by atoms with Crippen LogP contribution in [-0.4, -0.2) is 19.3 Å². The van der Waals surface area contributed by atoms with Crippen molar-refractivity contribution in [1.82, 2.24) is 4.98 Å². The average Bonchev–Trinajstić information content (AvgIpc) is 2.38. The predicted molar refractivity (Wildman–Crippen MR) is 67.5 cm³/mol. The summed E-state index contributed by atoms with van der Waals surface area (Å²) in [5, 5.41) is 0. The molecule has 2 rings (SSSR count). The van der Waals surface area contributed by atoms with E-state index in [9.17, 15) is 0 Å². The van der Waals surface area contributed by atoms with Gasteiger partial charge in [0, 0.05) is 12.7 Å². The van der Waals surface area contributed by atoms with Crippen LogP contribution < -0.4 is 4.90 Å². The van der Waals surface area contributed by atoms with Gasteiger partial charge in [-0.3, -0.25) is 0 Å². The summed E-state index contributed by atoms with van der Waals surface area (Å²) in [5.41, 5.74) is 1.23. The fraction of sp³-hybridized carbons (Fsp3) is 0.154. The molecule has 1 heterocycles. The van der Waals surface area contributed by atoms with Crippen molar-refractivity contribution in [1.29, 1.82) is 0 Å². The van der Waals surface area contributed by atoms with E-state index in [0.29, 0.717) is 6.44 Å². The number of hydrogen-bond acceptors (Lipinski definition) is 2. The second kappa shape index (κ2) is 5.35. The zero-order valence-corrected chi connectivity index (χ0v) is 9.08. The summed E-state index contributed by atoms with van der Waals surface area (Å²) in [6.45, 7) is 0.786. The molecule has 0 saturated carbocycles. The maximum Gasteiger partial charge on any atom is 0.128 e. The van der Waals surface area contributed by atoms with Gasteiger partial charge in [-0.25, -0.2) is 4.98 Å². The first-order chi connectivity index (χ1) is 7.90. The monoisotopic (exact) mass is 208 g/mol. The number of benzene rings is 1.